The fourth-order valence-electron chi connectivity index (χ4n) is 5.19. The Kier molecular flexibility index (Phi) is 4.51. The molecule has 3 aromatic rings. The Morgan fingerprint density at radius 3 is 2.61 bits per heavy atom. The molecule has 1 saturated heterocycles. The highest BCUT2D eigenvalue weighted by molar-refractivity contribution is 5.81. The molecule has 0 amide bonds. The molecule has 1 spiro atoms. The molecule has 7 heteroatoms. The van der Waals surface area contributed by atoms with E-state index in [0.717, 1.165) is 68.2 Å². The molecule has 162 valence electrons. The Balaban J connectivity index is 1.27. The lowest BCUT2D eigenvalue weighted by Crippen LogP contribution is -2.47. The summed E-state index contributed by atoms with van der Waals surface area (Å²) in [6.07, 6.45) is 6.12. The molecular formula is C24H30N6O. The number of hydrogen-bond acceptors (Lipinski definition) is 6. The minimum Gasteiger partial charge on any atom is -0.383 e. The van der Waals surface area contributed by atoms with E-state index in [9.17, 15) is 0 Å². The average molecular weight is 419 g/mol. The molecule has 0 N–H and O–H groups in total. The Bertz CT molecular complexity index is 1110. The van der Waals surface area contributed by atoms with Crippen molar-refractivity contribution >= 4 is 16.7 Å². The van der Waals surface area contributed by atoms with Gasteiger partial charge in [0, 0.05) is 51.3 Å². The number of nitrogens with zero attached hydrogens (tertiary/aromatic N) is 6. The standard InChI is InChI=1S/C24H30N6O/c1-17-26-22(29-9-7-28(8-10-29)11-12-31-2)14-23(27-17)30-21-13-18(3-4-19(21)16-25-30)20-15-24(20)5-6-24/h3-4,13-14,16,20H,5-12,15H2,1-2H3/t20-/m0/s1. The highest BCUT2D eigenvalue weighted by atomic mass is 16.5. The van der Waals surface area contributed by atoms with Crippen LogP contribution < -0.4 is 4.90 Å². The van der Waals surface area contributed by atoms with Crippen LogP contribution >= 0.6 is 0 Å². The predicted octanol–water partition coefficient (Wildman–Crippen LogP) is 3.16. The Morgan fingerprint density at radius 2 is 1.87 bits per heavy atom. The molecule has 6 rings (SSSR count). The summed E-state index contributed by atoms with van der Waals surface area (Å²) in [6, 6.07) is 8.95. The van der Waals surface area contributed by atoms with Gasteiger partial charge in [-0.15, -0.1) is 0 Å². The van der Waals surface area contributed by atoms with Gasteiger partial charge in [-0.25, -0.2) is 14.6 Å². The Hall–Kier alpha value is -2.51. The number of anilines is 1. The SMILES string of the molecule is COCCN1CCN(c2cc(-n3ncc4ccc([C@@H]5CC56CC6)cc43)nc(C)n2)CC1. The largest absolute Gasteiger partial charge is 0.383 e. The third kappa shape index (κ3) is 3.49. The van der Waals surface area contributed by atoms with Crippen LogP contribution in [-0.2, 0) is 4.74 Å². The molecule has 2 aromatic heterocycles. The van der Waals surface area contributed by atoms with E-state index in [-0.39, 0.29) is 0 Å². The zero-order valence-electron chi connectivity index (χ0n) is 18.4. The minimum absolute atomic E-state index is 0.655. The highest BCUT2D eigenvalue weighted by Crippen LogP contribution is 2.75. The van der Waals surface area contributed by atoms with Gasteiger partial charge < -0.3 is 9.64 Å². The van der Waals surface area contributed by atoms with Gasteiger partial charge >= 0.3 is 0 Å². The molecular weight excluding hydrogens is 388 g/mol. The molecule has 1 aromatic carbocycles. The molecule has 3 fully saturated rings. The lowest BCUT2D eigenvalue weighted by molar-refractivity contribution is 0.144. The van der Waals surface area contributed by atoms with Crippen molar-refractivity contribution in [2.24, 2.45) is 5.41 Å². The third-order valence-corrected chi connectivity index (χ3v) is 7.42. The van der Waals surface area contributed by atoms with Crippen molar-refractivity contribution in [3.05, 3.63) is 41.9 Å². The first-order chi connectivity index (χ1) is 15.1. The highest BCUT2D eigenvalue weighted by Gasteiger charge is 2.62. The number of piperazine rings is 1. The first-order valence-corrected chi connectivity index (χ1v) is 11.5. The quantitative estimate of drug-likeness (QED) is 0.613. The summed E-state index contributed by atoms with van der Waals surface area (Å²) in [5.74, 6) is 3.38. The van der Waals surface area contributed by atoms with Crippen molar-refractivity contribution in [2.75, 3.05) is 51.3 Å². The second kappa shape index (κ2) is 7.28. The number of hydrogen-bond donors (Lipinski definition) is 0. The van der Waals surface area contributed by atoms with Gasteiger partial charge in [-0.3, -0.25) is 4.90 Å². The monoisotopic (exact) mass is 418 g/mol. The smallest absolute Gasteiger partial charge is 0.159 e. The van der Waals surface area contributed by atoms with Crippen molar-refractivity contribution in [1.29, 1.82) is 0 Å². The van der Waals surface area contributed by atoms with Crippen LogP contribution in [0.3, 0.4) is 0 Å². The number of aryl methyl sites for hydroxylation is 1. The summed E-state index contributed by atoms with van der Waals surface area (Å²) in [4.78, 5) is 14.3. The lowest BCUT2D eigenvalue weighted by atomic mass is 10.1. The number of aromatic nitrogens is 4. The molecule has 7 nitrogen and oxygen atoms in total. The molecule has 3 aliphatic rings. The fourth-order valence-corrected chi connectivity index (χ4v) is 5.19. The van der Waals surface area contributed by atoms with Crippen molar-refractivity contribution in [3.63, 3.8) is 0 Å². The summed E-state index contributed by atoms with van der Waals surface area (Å²) in [7, 11) is 1.76. The van der Waals surface area contributed by atoms with Gasteiger partial charge in [0.15, 0.2) is 5.82 Å². The maximum absolute atomic E-state index is 5.22. The molecule has 31 heavy (non-hydrogen) atoms. The Labute approximate surface area is 183 Å². The summed E-state index contributed by atoms with van der Waals surface area (Å²) in [6.45, 7) is 7.73. The topological polar surface area (TPSA) is 59.3 Å². The number of fused-ring (bicyclic) bond motifs is 1. The van der Waals surface area contributed by atoms with Gasteiger partial charge in [-0.2, -0.15) is 5.10 Å². The van der Waals surface area contributed by atoms with Gasteiger partial charge in [0.05, 0.1) is 18.3 Å². The summed E-state index contributed by atoms with van der Waals surface area (Å²) < 4.78 is 7.21. The van der Waals surface area contributed by atoms with Crippen LogP contribution in [0.5, 0.6) is 0 Å². The van der Waals surface area contributed by atoms with Crippen molar-refractivity contribution in [1.82, 2.24) is 24.6 Å². The van der Waals surface area contributed by atoms with Crippen LogP contribution in [0.4, 0.5) is 5.82 Å². The number of methoxy groups -OCH3 is 1. The van der Waals surface area contributed by atoms with Gasteiger partial charge in [0.25, 0.3) is 0 Å². The van der Waals surface area contributed by atoms with E-state index >= 15 is 0 Å². The predicted molar refractivity (Wildman–Crippen MR) is 121 cm³/mol. The molecule has 1 aliphatic heterocycles. The second-order valence-electron chi connectivity index (χ2n) is 9.45. The summed E-state index contributed by atoms with van der Waals surface area (Å²) in [5.41, 5.74) is 3.27. The number of benzene rings is 1. The maximum Gasteiger partial charge on any atom is 0.159 e. The van der Waals surface area contributed by atoms with E-state index < -0.39 is 0 Å². The first kappa shape index (κ1) is 19.2. The average Bonchev–Trinajstić information content (AvgIpc) is 3.69. The van der Waals surface area contributed by atoms with Crippen molar-refractivity contribution in [3.8, 4) is 5.82 Å². The van der Waals surface area contributed by atoms with Crippen LogP contribution in [0, 0.1) is 12.3 Å². The minimum atomic E-state index is 0.655. The normalized spacial score (nSPS) is 22.4. The van der Waals surface area contributed by atoms with E-state index in [2.05, 4.69) is 34.1 Å². The molecule has 1 atom stereocenters. The van der Waals surface area contributed by atoms with E-state index in [1.807, 2.05) is 17.8 Å². The van der Waals surface area contributed by atoms with Crippen LogP contribution in [0.25, 0.3) is 16.7 Å². The van der Waals surface area contributed by atoms with Crippen LogP contribution in [0.1, 0.15) is 36.6 Å². The van der Waals surface area contributed by atoms with E-state index in [4.69, 9.17) is 19.8 Å². The van der Waals surface area contributed by atoms with Gasteiger partial charge in [0.2, 0.25) is 0 Å². The fraction of sp³-hybridized carbons (Fsp3) is 0.542. The summed E-state index contributed by atoms with van der Waals surface area (Å²) >= 11 is 0. The third-order valence-electron chi connectivity index (χ3n) is 7.42. The lowest BCUT2D eigenvalue weighted by Gasteiger charge is -2.35. The van der Waals surface area contributed by atoms with Crippen molar-refractivity contribution in [2.45, 2.75) is 32.1 Å². The van der Waals surface area contributed by atoms with E-state index in [0.29, 0.717) is 5.41 Å². The second-order valence-corrected chi connectivity index (χ2v) is 9.45. The maximum atomic E-state index is 5.22. The molecule has 0 radical (unpaired) electrons. The van der Waals surface area contributed by atoms with Crippen LogP contribution in [-0.4, -0.2) is 71.1 Å². The zero-order valence-corrected chi connectivity index (χ0v) is 18.4. The van der Waals surface area contributed by atoms with E-state index in [1.165, 1.54) is 30.2 Å². The van der Waals surface area contributed by atoms with Gasteiger partial charge in [-0.1, -0.05) is 12.1 Å². The van der Waals surface area contributed by atoms with Crippen molar-refractivity contribution < 1.29 is 4.74 Å². The Morgan fingerprint density at radius 1 is 1.06 bits per heavy atom. The molecule has 0 bridgehead atoms. The van der Waals surface area contributed by atoms with Gasteiger partial charge in [0.1, 0.15) is 11.6 Å². The molecule has 2 aliphatic carbocycles. The molecule has 0 unspecified atom stereocenters. The van der Waals surface area contributed by atoms with Gasteiger partial charge in [-0.05, 0) is 49.1 Å². The molecule has 2 saturated carbocycles. The first-order valence-electron chi connectivity index (χ1n) is 11.5. The van der Waals surface area contributed by atoms with E-state index in [1.54, 1.807) is 7.11 Å². The van der Waals surface area contributed by atoms with Crippen LogP contribution in [0.2, 0.25) is 0 Å². The molecule has 3 heterocycles. The zero-order chi connectivity index (χ0) is 21.0. The summed E-state index contributed by atoms with van der Waals surface area (Å²) in [5, 5.41) is 5.86. The number of rotatable bonds is 6. The van der Waals surface area contributed by atoms with Crippen LogP contribution in [0.15, 0.2) is 30.5 Å². The number of ether oxygens (including phenoxy) is 1.